The molecule has 3 heteroatoms. The van der Waals surface area contributed by atoms with Gasteiger partial charge in [0.1, 0.15) is 5.75 Å². The Morgan fingerprint density at radius 2 is 2.00 bits per heavy atom. The molecule has 19 heavy (non-hydrogen) atoms. The van der Waals surface area contributed by atoms with E-state index in [1.165, 1.54) is 12.8 Å². The maximum absolute atomic E-state index is 12.2. The quantitative estimate of drug-likeness (QED) is 0.763. The van der Waals surface area contributed by atoms with Crippen LogP contribution in [0.4, 0.5) is 0 Å². The zero-order valence-corrected chi connectivity index (χ0v) is 11.9. The Labute approximate surface area is 115 Å². The second kappa shape index (κ2) is 6.71. The standard InChI is InChI=1S/C16H23NO2/c1-13-7-10-17(11-8-13)12-9-15(18)14-5-3-4-6-16(14)19-2/h3-6,13H,7-12H2,1-2H3. The topological polar surface area (TPSA) is 29.5 Å². The number of benzene rings is 1. The van der Waals surface area contributed by atoms with E-state index < -0.39 is 0 Å². The lowest BCUT2D eigenvalue weighted by Gasteiger charge is -2.29. The van der Waals surface area contributed by atoms with Gasteiger partial charge in [-0.2, -0.15) is 0 Å². The molecule has 0 atom stereocenters. The van der Waals surface area contributed by atoms with Gasteiger partial charge in [0.2, 0.25) is 0 Å². The summed E-state index contributed by atoms with van der Waals surface area (Å²) in [6.07, 6.45) is 3.08. The lowest BCUT2D eigenvalue weighted by molar-refractivity contribution is 0.0950. The normalized spacial score (nSPS) is 17.4. The summed E-state index contributed by atoms with van der Waals surface area (Å²) in [5.41, 5.74) is 0.704. The molecule has 0 unspecified atom stereocenters. The van der Waals surface area contributed by atoms with E-state index in [2.05, 4.69) is 11.8 Å². The van der Waals surface area contributed by atoms with E-state index in [1.54, 1.807) is 7.11 Å². The van der Waals surface area contributed by atoms with Crippen molar-refractivity contribution in [3.8, 4) is 5.75 Å². The number of carbonyl (C=O) groups is 1. The van der Waals surface area contributed by atoms with Crippen LogP contribution in [0.15, 0.2) is 24.3 Å². The minimum absolute atomic E-state index is 0.177. The molecule has 1 saturated heterocycles. The average molecular weight is 261 g/mol. The highest BCUT2D eigenvalue weighted by molar-refractivity contribution is 5.98. The molecule has 2 rings (SSSR count). The van der Waals surface area contributed by atoms with E-state index >= 15 is 0 Å². The van der Waals surface area contributed by atoms with Gasteiger partial charge in [-0.3, -0.25) is 4.79 Å². The Morgan fingerprint density at radius 1 is 1.32 bits per heavy atom. The lowest BCUT2D eigenvalue weighted by Crippen LogP contribution is -2.34. The first-order chi connectivity index (χ1) is 9.20. The fourth-order valence-electron chi connectivity index (χ4n) is 2.55. The second-order valence-corrected chi connectivity index (χ2v) is 5.40. The highest BCUT2D eigenvalue weighted by Gasteiger charge is 2.17. The Bertz CT molecular complexity index is 423. The number of hydrogen-bond donors (Lipinski definition) is 0. The van der Waals surface area contributed by atoms with Crippen molar-refractivity contribution in [2.45, 2.75) is 26.2 Å². The first kappa shape index (κ1) is 14.1. The minimum Gasteiger partial charge on any atom is -0.496 e. The van der Waals surface area contributed by atoms with Crippen LogP contribution in [0.5, 0.6) is 5.75 Å². The minimum atomic E-state index is 0.177. The molecule has 1 aliphatic heterocycles. The van der Waals surface area contributed by atoms with E-state index in [0.29, 0.717) is 17.7 Å². The van der Waals surface area contributed by atoms with Gasteiger partial charge in [-0.25, -0.2) is 0 Å². The maximum atomic E-state index is 12.2. The van der Waals surface area contributed by atoms with Crippen molar-refractivity contribution in [2.24, 2.45) is 5.92 Å². The number of methoxy groups -OCH3 is 1. The summed E-state index contributed by atoms with van der Waals surface area (Å²) >= 11 is 0. The number of Topliss-reactive ketones (excluding diaryl/α,β-unsaturated/α-hetero) is 1. The van der Waals surface area contributed by atoms with Crippen molar-refractivity contribution in [2.75, 3.05) is 26.7 Å². The average Bonchev–Trinajstić information content (AvgIpc) is 2.46. The highest BCUT2D eigenvalue weighted by Crippen LogP contribution is 2.20. The number of piperidine rings is 1. The number of hydrogen-bond acceptors (Lipinski definition) is 3. The van der Waals surface area contributed by atoms with Gasteiger partial charge in [-0.05, 0) is 44.0 Å². The molecule has 1 aromatic carbocycles. The summed E-state index contributed by atoms with van der Waals surface area (Å²) in [6, 6.07) is 7.47. The first-order valence-corrected chi connectivity index (χ1v) is 7.09. The van der Waals surface area contributed by atoms with Crippen LogP contribution in [-0.4, -0.2) is 37.4 Å². The molecule has 0 amide bonds. The molecule has 0 N–H and O–H groups in total. The summed E-state index contributed by atoms with van der Waals surface area (Å²) < 4.78 is 5.24. The van der Waals surface area contributed by atoms with E-state index in [9.17, 15) is 4.79 Å². The van der Waals surface area contributed by atoms with Gasteiger partial charge in [0.25, 0.3) is 0 Å². The van der Waals surface area contributed by atoms with Crippen LogP contribution in [0, 0.1) is 5.92 Å². The molecule has 3 nitrogen and oxygen atoms in total. The Morgan fingerprint density at radius 3 is 2.68 bits per heavy atom. The first-order valence-electron chi connectivity index (χ1n) is 7.09. The third-order valence-electron chi connectivity index (χ3n) is 3.94. The largest absolute Gasteiger partial charge is 0.496 e. The zero-order valence-electron chi connectivity index (χ0n) is 11.9. The summed E-state index contributed by atoms with van der Waals surface area (Å²) in [4.78, 5) is 14.6. The van der Waals surface area contributed by atoms with Crippen LogP contribution in [0.3, 0.4) is 0 Å². The number of carbonyl (C=O) groups excluding carboxylic acids is 1. The fraction of sp³-hybridized carbons (Fsp3) is 0.562. The smallest absolute Gasteiger partial charge is 0.167 e. The van der Waals surface area contributed by atoms with Crippen LogP contribution in [0.25, 0.3) is 0 Å². The van der Waals surface area contributed by atoms with Crippen molar-refractivity contribution in [1.29, 1.82) is 0 Å². The number of likely N-dealkylation sites (tertiary alicyclic amines) is 1. The molecule has 0 aromatic heterocycles. The van der Waals surface area contributed by atoms with E-state index in [-0.39, 0.29) is 5.78 Å². The Hall–Kier alpha value is -1.35. The van der Waals surface area contributed by atoms with Gasteiger partial charge >= 0.3 is 0 Å². The number of rotatable bonds is 5. The molecule has 1 heterocycles. The SMILES string of the molecule is COc1ccccc1C(=O)CCN1CCC(C)CC1. The number of nitrogens with zero attached hydrogens (tertiary/aromatic N) is 1. The third kappa shape index (κ3) is 3.80. The molecular formula is C16H23NO2. The van der Waals surface area contributed by atoms with Crippen LogP contribution < -0.4 is 4.74 Å². The zero-order chi connectivity index (χ0) is 13.7. The summed E-state index contributed by atoms with van der Waals surface area (Å²) in [5, 5.41) is 0. The predicted molar refractivity (Wildman–Crippen MR) is 76.8 cm³/mol. The summed E-state index contributed by atoms with van der Waals surface area (Å²) in [5.74, 6) is 1.69. The van der Waals surface area contributed by atoms with E-state index in [0.717, 1.165) is 25.6 Å². The van der Waals surface area contributed by atoms with Gasteiger partial charge in [-0.15, -0.1) is 0 Å². The molecule has 0 radical (unpaired) electrons. The molecule has 1 fully saturated rings. The highest BCUT2D eigenvalue weighted by atomic mass is 16.5. The van der Waals surface area contributed by atoms with Crippen molar-refractivity contribution in [3.05, 3.63) is 29.8 Å². The van der Waals surface area contributed by atoms with E-state index in [4.69, 9.17) is 4.74 Å². The van der Waals surface area contributed by atoms with Gasteiger partial charge in [0.15, 0.2) is 5.78 Å². The van der Waals surface area contributed by atoms with Gasteiger partial charge < -0.3 is 9.64 Å². The lowest BCUT2D eigenvalue weighted by atomic mass is 9.98. The number of ketones is 1. The summed E-state index contributed by atoms with van der Waals surface area (Å²) in [7, 11) is 1.61. The number of ether oxygens (including phenoxy) is 1. The summed E-state index contributed by atoms with van der Waals surface area (Å²) in [6.45, 7) is 5.42. The molecule has 0 saturated carbocycles. The molecule has 1 aliphatic rings. The van der Waals surface area contributed by atoms with E-state index in [1.807, 2.05) is 24.3 Å². The van der Waals surface area contributed by atoms with Gasteiger partial charge in [0, 0.05) is 13.0 Å². The van der Waals surface area contributed by atoms with Crippen LogP contribution in [-0.2, 0) is 0 Å². The number of para-hydroxylation sites is 1. The molecule has 1 aromatic rings. The van der Waals surface area contributed by atoms with Crippen LogP contribution >= 0.6 is 0 Å². The maximum Gasteiger partial charge on any atom is 0.167 e. The van der Waals surface area contributed by atoms with Gasteiger partial charge in [0.05, 0.1) is 12.7 Å². The Kier molecular flexibility index (Phi) is 4.97. The van der Waals surface area contributed by atoms with Crippen LogP contribution in [0.2, 0.25) is 0 Å². The van der Waals surface area contributed by atoms with Crippen LogP contribution in [0.1, 0.15) is 36.5 Å². The van der Waals surface area contributed by atoms with Crippen molar-refractivity contribution in [1.82, 2.24) is 4.90 Å². The van der Waals surface area contributed by atoms with Crippen molar-refractivity contribution < 1.29 is 9.53 Å². The van der Waals surface area contributed by atoms with Crippen molar-refractivity contribution in [3.63, 3.8) is 0 Å². The monoisotopic (exact) mass is 261 g/mol. The second-order valence-electron chi connectivity index (χ2n) is 5.40. The molecule has 0 aliphatic carbocycles. The molecule has 0 spiro atoms. The third-order valence-corrected chi connectivity index (χ3v) is 3.94. The van der Waals surface area contributed by atoms with Crippen molar-refractivity contribution >= 4 is 5.78 Å². The molecular weight excluding hydrogens is 238 g/mol. The Balaban J connectivity index is 1.87. The fourth-order valence-corrected chi connectivity index (χ4v) is 2.55. The van der Waals surface area contributed by atoms with Gasteiger partial charge in [-0.1, -0.05) is 19.1 Å². The molecule has 104 valence electrons. The predicted octanol–water partition coefficient (Wildman–Crippen LogP) is 3.00. The molecule has 0 bridgehead atoms.